The van der Waals surface area contributed by atoms with Gasteiger partial charge in [0.1, 0.15) is 16.6 Å². The lowest BCUT2D eigenvalue weighted by Crippen LogP contribution is -2.44. The van der Waals surface area contributed by atoms with Crippen LogP contribution in [0.3, 0.4) is 0 Å². The van der Waals surface area contributed by atoms with E-state index in [1.807, 2.05) is 82.3 Å². The Labute approximate surface area is 187 Å². The quantitative estimate of drug-likeness (QED) is 0.384. The zero-order valence-electron chi connectivity index (χ0n) is 18.5. The van der Waals surface area contributed by atoms with Crippen LogP contribution in [0.25, 0.3) is 0 Å². The Bertz CT molecular complexity index is 817. The van der Waals surface area contributed by atoms with Crippen molar-refractivity contribution in [1.82, 2.24) is 4.72 Å². The first-order valence-electron chi connectivity index (χ1n) is 10.3. The average molecular weight is 448 g/mol. The number of hydrogen-bond donors (Lipinski definition) is 1. The number of benzene rings is 2. The highest BCUT2D eigenvalue weighted by molar-refractivity contribution is 7.99. The van der Waals surface area contributed by atoms with E-state index in [9.17, 15) is 9.00 Å². The molecule has 164 valence electrons. The molecule has 0 bridgehead atoms. The number of ether oxygens (including phenoxy) is 1. The van der Waals surface area contributed by atoms with E-state index in [2.05, 4.69) is 11.6 Å². The normalized spacial score (nSPS) is 14.7. The van der Waals surface area contributed by atoms with Crippen molar-refractivity contribution in [2.24, 2.45) is 5.92 Å². The second-order valence-corrected chi connectivity index (χ2v) is 10.7. The smallest absolute Gasteiger partial charge is 0.311 e. The van der Waals surface area contributed by atoms with E-state index in [0.717, 1.165) is 23.3 Å². The lowest BCUT2D eigenvalue weighted by Gasteiger charge is -2.29. The van der Waals surface area contributed by atoms with Crippen molar-refractivity contribution in [3.8, 4) is 0 Å². The van der Waals surface area contributed by atoms with Gasteiger partial charge in [-0.05, 0) is 58.4 Å². The van der Waals surface area contributed by atoms with Crippen LogP contribution >= 0.6 is 11.8 Å². The summed E-state index contributed by atoms with van der Waals surface area (Å²) in [7, 11) is -1.40. The minimum Gasteiger partial charge on any atom is -0.460 e. The topological polar surface area (TPSA) is 55.4 Å². The fraction of sp³-hybridized carbons (Fsp3) is 0.458. The highest BCUT2D eigenvalue weighted by Crippen LogP contribution is 2.26. The fourth-order valence-electron chi connectivity index (χ4n) is 2.95. The SMILES string of the molecule is CCC[C@H](N[S@@](=O)c1ccc(C)cc1)[C@@H](CSc1ccccc1)C(=O)OC(C)(C)C. The lowest BCUT2D eigenvalue weighted by molar-refractivity contribution is -0.160. The number of aryl methyl sites for hydroxylation is 1. The van der Waals surface area contributed by atoms with Crippen LogP contribution in [0.4, 0.5) is 0 Å². The second-order valence-electron chi connectivity index (χ2n) is 8.36. The second kappa shape index (κ2) is 11.7. The number of nitrogens with one attached hydrogen (secondary N) is 1. The molecule has 0 saturated carbocycles. The summed E-state index contributed by atoms with van der Waals surface area (Å²) in [5.41, 5.74) is 0.548. The maximum Gasteiger partial charge on any atom is 0.311 e. The number of rotatable bonds is 10. The Morgan fingerprint density at radius 1 is 1.10 bits per heavy atom. The predicted molar refractivity (Wildman–Crippen MR) is 126 cm³/mol. The van der Waals surface area contributed by atoms with Crippen molar-refractivity contribution >= 4 is 28.7 Å². The van der Waals surface area contributed by atoms with E-state index in [0.29, 0.717) is 10.6 Å². The summed E-state index contributed by atoms with van der Waals surface area (Å²) in [6.45, 7) is 9.69. The van der Waals surface area contributed by atoms with Crippen LogP contribution in [0, 0.1) is 12.8 Å². The highest BCUT2D eigenvalue weighted by atomic mass is 32.2. The first-order chi connectivity index (χ1) is 14.2. The molecule has 0 aliphatic carbocycles. The number of carbonyl (C=O) groups is 1. The fourth-order valence-corrected chi connectivity index (χ4v) is 5.12. The van der Waals surface area contributed by atoms with Crippen molar-refractivity contribution in [3.63, 3.8) is 0 Å². The molecule has 0 aliphatic rings. The van der Waals surface area contributed by atoms with E-state index >= 15 is 0 Å². The van der Waals surface area contributed by atoms with Crippen LogP contribution < -0.4 is 4.72 Å². The largest absolute Gasteiger partial charge is 0.460 e. The predicted octanol–water partition coefficient (Wildman–Crippen LogP) is 5.53. The first-order valence-corrected chi connectivity index (χ1v) is 12.5. The maximum atomic E-state index is 13.1. The van der Waals surface area contributed by atoms with Crippen LogP contribution in [0.1, 0.15) is 46.1 Å². The number of esters is 1. The number of thioether (sulfide) groups is 1. The Kier molecular flexibility index (Phi) is 9.59. The molecular weight excluding hydrogens is 414 g/mol. The molecule has 0 unspecified atom stereocenters. The van der Waals surface area contributed by atoms with E-state index in [-0.39, 0.29) is 12.0 Å². The third-order valence-corrected chi connectivity index (χ3v) is 6.81. The Hall–Kier alpha value is -1.63. The molecule has 0 heterocycles. The number of carbonyl (C=O) groups excluding carboxylic acids is 1. The van der Waals surface area contributed by atoms with Crippen molar-refractivity contribution < 1.29 is 13.7 Å². The molecule has 0 saturated heterocycles. The van der Waals surface area contributed by atoms with Gasteiger partial charge >= 0.3 is 5.97 Å². The van der Waals surface area contributed by atoms with Gasteiger partial charge in [-0.3, -0.25) is 4.79 Å². The molecule has 0 aromatic heterocycles. The summed E-state index contributed by atoms with van der Waals surface area (Å²) >= 11 is 1.62. The standard InChI is InChI=1S/C24H33NO3S2/c1-6-10-22(25-30(27)20-15-13-18(2)14-16-20)21(23(26)28-24(3,4)5)17-29-19-11-8-7-9-12-19/h7-9,11-16,21-22,25H,6,10,17H2,1-5H3/t21-,22+,30+/m1/s1. The van der Waals surface area contributed by atoms with Gasteiger partial charge in [0.15, 0.2) is 0 Å². The zero-order chi connectivity index (χ0) is 22.1. The molecular formula is C24H33NO3S2. The monoisotopic (exact) mass is 447 g/mol. The summed E-state index contributed by atoms with van der Waals surface area (Å²) in [5.74, 6) is -0.108. The Balaban J connectivity index is 2.21. The molecule has 30 heavy (non-hydrogen) atoms. The molecule has 0 fully saturated rings. The van der Waals surface area contributed by atoms with Gasteiger partial charge in [0, 0.05) is 16.7 Å². The molecule has 0 radical (unpaired) electrons. The molecule has 3 atom stereocenters. The van der Waals surface area contributed by atoms with Gasteiger partial charge in [0.2, 0.25) is 0 Å². The zero-order valence-corrected chi connectivity index (χ0v) is 20.1. The molecule has 1 N–H and O–H groups in total. The van der Waals surface area contributed by atoms with Crippen molar-refractivity contribution in [2.45, 2.75) is 68.9 Å². The molecule has 6 heteroatoms. The van der Waals surface area contributed by atoms with Gasteiger partial charge in [0.05, 0.1) is 10.8 Å². The summed E-state index contributed by atoms with van der Waals surface area (Å²) < 4.78 is 21.9. The lowest BCUT2D eigenvalue weighted by atomic mass is 9.98. The first kappa shape index (κ1) is 24.6. The molecule has 4 nitrogen and oxygen atoms in total. The average Bonchev–Trinajstić information content (AvgIpc) is 2.68. The molecule has 0 amide bonds. The van der Waals surface area contributed by atoms with Gasteiger partial charge in [-0.25, -0.2) is 8.93 Å². The molecule has 2 aromatic rings. The number of hydrogen-bond acceptors (Lipinski definition) is 4. The van der Waals surface area contributed by atoms with Gasteiger partial charge in [0.25, 0.3) is 0 Å². The van der Waals surface area contributed by atoms with Crippen LogP contribution in [-0.4, -0.2) is 27.6 Å². The summed E-state index contributed by atoms with van der Waals surface area (Å²) in [5, 5.41) is 0. The minimum absolute atomic E-state index is 0.247. The molecule has 0 aliphatic heterocycles. The molecule has 2 rings (SSSR count). The summed E-state index contributed by atoms with van der Waals surface area (Å²) in [6.07, 6.45) is 1.61. The van der Waals surface area contributed by atoms with Gasteiger partial charge in [-0.1, -0.05) is 49.2 Å². The van der Waals surface area contributed by atoms with Crippen molar-refractivity contribution in [1.29, 1.82) is 0 Å². The summed E-state index contributed by atoms with van der Waals surface area (Å²) in [4.78, 5) is 14.9. The van der Waals surface area contributed by atoms with Crippen LogP contribution in [0.2, 0.25) is 0 Å². The molecule has 2 aromatic carbocycles. The van der Waals surface area contributed by atoms with E-state index < -0.39 is 22.5 Å². The van der Waals surface area contributed by atoms with Crippen molar-refractivity contribution in [2.75, 3.05) is 5.75 Å². The van der Waals surface area contributed by atoms with E-state index in [1.165, 1.54) is 0 Å². The maximum absolute atomic E-state index is 13.1. The minimum atomic E-state index is -1.40. The Morgan fingerprint density at radius 2 is 1.73 bits per heavy atom. The summed E-state index contributed by atoms with van der Waals surface area (Å²) in [6, 6.07) is 17.4. The highest BCUT2D eigenvalue weighted by Gasteiger charge is 2.33. The van der Waals surface area contributed by atoms with Gasteiger partial charge in [-0.15, -0.1) is 11.8 Å². The molecule has 0 spiro atoms. The van der Waals surface area contributed by atoms with E-state index in [4.69, 9.17) is 4.74 Å². The van der Waals surface area contributed by atoms with Gasteiger partial charge < -0.3 is 4.74 Å². The van der Waals surface area contributed by atoms with Crippen LogP contribution in [0.15, 0.2) is 64.4 Å². The van der Waals surface area contributed by atoms with Crippen LogP contribution in [-0.2, 0) is 20.5 Å². The third kappa shape index (κ3) is 8.25. The van der Waals surface area contributed by atoms with Gasteiger partial charge in [-0.2, -0.15) is 0 Å². The van der Waals surface area contributed by atoms with E-state index in [1.54, 1.807) is 11.8 Å². The van der Waals surface area contributed by atoms with Crippen LogP contribution in [0.5, 0.6) is 0 Å². The Morgan fingerprint density at radius 3 is 2.30 bits per heavy atom. The third-order valence-electron chi connectivity index (χ3n) is 4.46. The van der Waals surface area contributed by atoms with Crippen molar-refractivity contribution in [3.05, 3.63) is 60.2 Å².